The number of aliphatic carboxylic acids is 1. The van der Waals surface area contributed by atoms with Crippen LogP contribution in [0.2, 0.25) is 0 Å². The Bertz CT molecular complexity index is 640. The van der Waals surface area contributed by atoms with E-state index in [0.29, 0.717) is 18.5 Å². The molecule has 0 saturated carbocycles. The molecule has 1 saturated heterocycles. The van der Waals surface area contributed by atoms with Gasteiger partial charge in [0.25, 0.3) is 0 Å². The summed E-state index contributed by atoms with van der Waals surface area (Å²) >= 11 is 2.15. The molecule has 2 N–H and O–H groups in total. The number of carbonyl (C=O) groups is 1. The maximum atomic E-state index is 12.3. The molecule has 1 aliphatic rings. The summed E-state index contributed by atoms with van der Waals surface area (Å²) in [7, 11) is -3.63. The predicted octanol–water partition coefficient (Wildman–Crippen LogP) is 2.05. The number of hydrogen-bond donors (Lipinski definition) is 2. The summed E-state index contributed by atoms with van der Waals surface area (Å²) in [5.74, 6) is -1.30. The third kappa shape index (κ3) is 4.07. The maximum Gasteiger partial charge on any atom is 0.306 e. The summed E-state index contributed by atoms with van der Waals surface area (Å²) < 4.78 is 29.4. The molecule has 116 valence electrons. The second-order valence-corrected chi connectivity index (χ2v) is 7.92. The van der Waals surface area contributed by atoms with Gasteiger partial charge in [-0.15, -0.1) is 0 Å². The molecule has 0 aliphatic carbocycles. The van der Waals surface area contributed by atoms with Crippen molar-refractivity contribution in [2.75, 3.05) is 17.8 Å². The van der Waals surface area contributed by atoms with Gasteiger partial charge in [0.2, 0.25) is 0 Å². The normalized spacial score (nSPS) is 17.6. The van der Waals surface area contributed by atoms with Crippen LogP contribution < -0.4 is 4.72 Å². The van der Waals surface area contributed by atoms with Gasteiger partial charge in [-0.3, -0.25) is 9.52 Å². The quantitative estimate of drug-likeness (QED) is 0.725. The molecule has 0 radical (unpaired) electrons. The lowest BCUT2D eigenvalue weighted by molar-refractivity contribution is -0.142. The van der Waals surface area contributed by atoms with Crippen molar-refractivity contribution in [3.05, 3.63) is 27.3 Å². The fourth-order valence-electron chi connectivity index (χ4n) is 2.21. The highest BCUT2D eigenvalue weighted by Crippen LogP contribution is 2.22. The van der Waals surface area contributed by atoms with Gasteiger partial charge < -0.3 is 5.11 Å². The van der Waals surface area contributed by atoms with E-state index in [4.69, 9.17) is 5.11 Å². The molecular formula is C13H17IN2O4S. The third-order valence-electron chi connectivity index (χ3n) is 3.56. The summed E-state index contributed by atoms with van der Waals surface area (Å²) in [5, 5.41) is 8.93. The van der Waals surface area contributed by atoms with Crippen LogP contribution in [0, 0.1) is 16.4 Å². The highest BCUT2D eigenvalue weighted by Gasteiger charge is 2.30. The Morgan fingerprint density at radius 2 is 2.00 bits per heavy atom. The number of nitrogens with zero attached hydrogens (tertiary/aromatic N) is 1. The number of rotatable bonds is 4. The van der Waals surface area contributed by atoms with Crippen molar-refractivity contribution in [3.8, 4) is 0 Å². The van der Waals surface area contributed by atoms with E-state index in [-0.39, 0.29) is 13.1 Å². The van der Waals surface area contributed by atoms with E-state index in [0.717, 1.165) is 9.13 Å². The van der Waals surface area contributed by atoms with Crippen molar-refractivity contribution in [2.24, 2.45) is 5.92 Å². The Balaban J connectivity index is 2.05. The monoisotopic (exact) mass is 424 g/mol. The summed E-state index contributed by atoms with van der Waals surface area (Å²) in [6.07, 6.45) is 0.698. The lowest BCUT2D eigenvalue weighted by Crippen LogP contribution is -2.42. The molecule has 1 aromatic carbocycles. The Morgan fingerprint density at radius 3 is 2.52 bits per heavy atom. The number of halogens is 1. The van der Waals surface area contributed by atoms with E-state index < -0.39 is 22.1 Å². The SMILES string of the molecule is Cc1ccc(NS(=O)(=O)N2CCC(C(=O)O)CC2)cc1I. The maximum absolute atomic E-state index is 12.3. The zero-order valence-electron chi connectivity index (χ0n) is 11.5. The molecule has 0 aromatic heterocycles. The van der Waals surface area contributed by atoms with Crippen LogP contribution in [-0.2, 0) is 15.0 Å². The molecule has 2 rings (SSSR count). The van der Waals surface area contributed by atoms with Gasteiger partial charge in [-0.05, 0) is 60.1 Å². The molecule has 0 amide bonds. The van der Waals surface area contributed by atoms with Gasteiger partial charge >= 0.3 is 16.2 Å². The first-order valence-corrected chi connectivity index (χ1v) is 9.08. The van der Waals surface area contributed by atoms with E-state index in [1.165, 1.54) is 4.31 Å². The summed E-state index contributed by atoms with van der Waals surface area (Å²) in [6, 6.07) is 5.35. The lowest BCUT2D eigenvalue weighted by Gasteiger charge is -2.29. The van der Waals surface area contributed by atoms with Crippen LogP contribution in [0.15, 0.2) is 18.2 Å². The number of anilines is 1. The zero-order chi connectivity index (χ0) is 15.6. The van der Waals surface area contributed by atoms with Gasteiger partial charge in [0, 0.05) is 16.7 Å². The fraction of sp³-hybridized carbons (Fsp3) is 0.462. The Labute approximate surface area is 137 Å². The van der Waals surface area contributed by atoms with Crippen LogP contribution in [0.3, 0.4) is 0 Å². The van der Waals surface area contributed by atoms with Crippen molar-refractivity contribution in [3.63, 3.8) is 0 Å². The van der Waals surface area contributed by atoms with Gasteiger partial charge in [-0.1, -0.05) is 6.07 Å². The standard InChI is InChI=1S/C13H17IN2O4S/c1-9-2-3-11(8-12(9)14)15-21(19,20)16-6-4-10(5-7-16)13(17)18/h2-3,8,10,15H,4-7H2,1H3,(H,17,18). The molecular weight excluding hydrogens is 407 g/mol. The Morgan fingerprint density at radius 1 is 1.38 bits per heavy atom. The van der Waals surface area contributed by atoms with Crippen molar-refractivity contribution < 1.29 is 18.3 Å². The molecule has 21 heavy (non-hydrogen) atoms. The smallest absolute Gasteiger partial charge is 0.306 e. The molecule has 1 aliphatic heterocycles. The molecule has 0 unspecified atom stereocenters. The fourth-order valence-corrected chi connectivity index (χ4v) is 3.97. The molecule has 0 atom stereocenters. The van der Waals surface area contributed by atoms with Gasteiger partial charge in [-0.25, -0.2) is 0 Å². The van der Waals surface area contributed by atoms with Crippen LogP contribution >= 0.6 is 22.6 Å². The van der Waals surface area contributed by atoms with E-state index in [1.54, 1.807) is 12.1 Å². The summed E-state index contributed by atoms with van der Waals surface area (Å²) in [4.78, 5) is 10.9. The number of nitrogens with one attached hydrogen (secondary N) is 1. The van der Waals surface area contributed by atoms with Crippen molar-refractivity contribution in [1.82, 2.24) is 4.31 Å². The van der Waals surface area contributed by atoms with E-state index in [1.807, 2.05) is 13.0 Å². The highest BCUT2D eigenvalue weighted by molar-refractivity contribution is 14.1. The van der Waals surface area contributed by atoms with Crippen molar-refractivity contribution >= 4 is 44.5 Å². The Hall–Kier alpha value is -0.870. The second kappa shape index (κ2) is 6.49. The molecule has 1 fully saturated rings. The number of hydrogen-bond acceptors (Lipinski definition) is 3. The lowest BCUT2D eigenvalue weighted by atomic mass is 9.99. The van der Waals surface area contributed by atoms with Gasteiger partial charge in [0.15, 0.2) is 0 Å². The summed E-state index contributed by atoms with van der Waals surface area (Å²) in [5.41, 5.74) is 1.60. The van der Waals surface area contributed by atoms with Gasteiger partial charge in [0.1, 0.15) is 0 Å². The van der Waals surface area contributed by atoms with E-state index in [2.05, 4.69) is 27.3 Å². The topological polar surface area (TPSA) is 86.7 Å². The van der Waals surface area contributed by atoms with Crippen LogP contribution in [-0.4, -0.2) is 36.9 Å². The predicted molar refractivity (Wildman–Crippen MR) is 88.4 cm³/mol. The van der Waals surface area contributed by atoms with Crippen molar-refractivity contribution in [2.45, 2.75) is 19.8 Å². The first kappa shape index (κ1) is 16.5. The zero-order valence-corrected chi connectivity index (χ0v) is 14.5. The van der Waals surface area contributed by atoms with Gasteiger partial charge in [-0.2, -0.15) is 12.7 Å². The number of aryl methyl sites for hydroxylation is 1. The average molecular weight is 424 g/mol. The number of carboxylic acids is 1. The largest absolute Gasteiger partial charge is 0.481 e. The van der Waals surface area contributed by atoms with Crippen LogP contribution in [0.5, 0.6) is 0 Å². The average Bonchev–Trinajstić information content (AvgIpc) is 2.43. The Kier molecular flexibility index (Phi) is 5.10. The third-order valence-corrected chi connectivity index (χ3v) is 6.26. The minimum Gasteiger partial charge on any atom is -0.481 e. The van der Waals surface area contributed by atoms with Gasteiger partial charge in [0.05, 0.1) is 11.6 Å². The minimum atomic E-state index is -3.63. The molecule has 0 spiro atoms. The second-order valence-electron chi connectivity index (χ2n) is 5.08. The molecule has 1 heterocycles. The van der Waals surface area contributed by atoms with Crippen LogP contribution in [0.25, 0.3) is 0 Å². The minimum absolute atomic E-state index is 0.231. The molecule has 8 heteroatoms. The van der Waals surface area contributed by atoms with E-state index in [9.17, 15) is 13.2 Å². The number of piperidine rings is 1. The highest BCUT2D eigenvalue weighted by atomic mass is 127. The van der Waals surface area contributed by atoms with Crippen LogP contribution in [0.1, 0.15) is 18.4 Å². The first-order valence-electron chi connectivity index (χ1n) is 6.56. The van der Waals surface area contributed by atoms with Crippen molar-refractivity contribution in [1.29, 1.82) is 0 Å². The molecule has 6 nitrogen and oxygen atoms in total. The molecule has 1 aromatic rings. The molecule has 0 bridgehead atoms. The number of benzene rings is 1. The van der Waals surface area contributed by atoms with Crippen LogP contribution in [0.4, 0.5) is 5.69 Å². The summed E-state index contributed by atoms with van der Waals surface area (Å²) in [6.45, 7) is 2.42. The number of carboxylic acid groups (broad SMARTS) is 1. The first-order chi connectivity index (χ1) is 9.79. The van der Waals surface area contributed by atoms with E-state index >= 15 is 0 Å².